The van der Waals surface area contributed by atoms with Gasteiger partial charge in [-0.2, -0.15) is 0 Å². The fourth-order valence-electron chi connectivity index (χ4n) is 2.89. The second kappa shape index (κ2) is 5.64. The van der Waals surface area contributed by atoms with Crippen molar-refractivity contribution in [1.82, 2.24) is 9.80 Å². The SMILES string of the molecule is Cc1c(N)cc(C(=O)N(C)CC2(N(C)C)CCC2)cc1F. The number of carbonyl (C=O) groups is 1. The van der Waals surface area contributed by atoms with E-state index in [2.05, 4.69) is 4.90 Å². The van der Waals surface area contributed by atoms with Gasteiger partial charge in [0, 0.05) is 35.9 Å². The highest BCUT2D eigenvalue weighted by atomic mass is 19.1. The minimum Gasteiger partial charge on any atom is -0.398 e. The molecule has 1 aromatic rings. The summed E-state index contributed by atoms with van der Waals surface area (Å²) < 4.78 is 13.7. The molecule has 0 radical (unpaired) electrons. The zero-order valence-corrected chi connectivity index (χ0v) is 13.2. The van der Waals surface area contributed by atoms with Crippen molar-refractivity contribution < 1.29 is 9.18 Å². The predicted molar refractivity (Wildman–Crippen MR) is 82.8 cm³/mol. The Bertz CT molecular complexity index is 529. The first-order chi connectivity index (χ1) is 9.77. The average molecular weight is 293 g/mol. The molecule has 1 amide bonds. The standard InChI is InChI=1S/C16H24FN3O/c1-11-13(17)8-12(9-14(11)18)15(21)20(4)10-16(19(2)3)6-5-7-16/h8-9H,5-7,10,18H2,1-4H3. The van der Waals surface area contributed by atoms with E-state index < -0.39 is 5.82 Å². The lowest BCUT2D eigenvalue weighted by Gasteiger charge is -2.49. The summed E-state index contributed by atoms with van der Waals surface area (Å²) in [6, 6.07) is 2.83. The predicted octanol–water partition coefficient (Wildman–Crippen LogP) is 2.27. The van der Waals surface area contributed by atoms with Crippen LogP contribution in [0.25, 0.3) is 0 Å². The fraction of sp³-hybridized carbons (Fsp3) is 0.562. The van der Waals surface area contributed by atoms with E-state index in [1.54, 1.807) is 24.9 Å². The Labute approximate surface area is 125 Å². The molecule has 2 rings (SSSR count). The monoisotopic (exact) mass is 293 g/mol. The van der Waals surface area contributed by atoms with Crippen LogP contribution in [0.15, 0.2) is 12.1 Å². The molecule has 1 aliphatic rings. The summed E-state index contributed by atoms with van der Waals surface area (Å²) in [4.78, 5) is 16.3. The topological polar surface area (TPSA) is 49.6 Å². The van der Waals surface area contributed by atoms with Crippen LogP contribution in [0.4, 0.5) is 10.1 Å². The molecule has 0 bridgehead atoms. The molecule has 0 atom stereocenters. The highest BCUT2D eigenvalue weighted by molar-refractivity contribution is 5.95. The van der Waals surface area contributed by atoms with Gasteiger partial charge in [-0.1, -0.05) is 0 Å². The highest BCUT2D eigenvalue weighted by Crippen LogP contribution is 2.36. The summed E-state index contributed by atoms with van der Waals surface area (Å²) in [5.41, 5.74) is 6.82. The molecule has 21 heavy (non-hydrogen) atoms. The molecule has 116 valence electrons. The quantitative estimate of drug-likeness (QED) is 0.866. The number of likely N-dealkylation sites (N-methyl/N-ethyl adjacent to an activating group) is 2. The maximum atomic E-state index is 13.7. The van der Waals surface area contributed by atoms with Crippen LogP contribution >= 0.6 is 0 Å². The van der Waals surface area contributed by atoms with Gasteiger partial charge in [-0.25, -0.2) is 4.39 Å². The third-order valence-electron chi connectivity index (χ3n) is 4.74. The first-order valence-corrected chi connectivity index (χ1v) is 7.25. The van der Waals surface area contributed by atoms with Gasteiger partial charge in [0.25, 0.3) is 5.91 Å². The van der Waals surface area contributed by atoms with E-state index in [0.717, 1.165) is 12.8 Å². The Morgan fingerprint density at radius 1 is 1.33 bits per heavy atom. The molecule has 0 aliphatic heterocycles. The van der Waals surface area contributed by atoms with Crippen LogP contribution < -0.4 is 5.73 Å². The Balaban J connectivity index is 2.16. The normalized spacial score (nSPS) is 16.7. The van der Waals surface area contributed by atoms with Gasteiger partial charge in [-0.05, 0) is 52.4 Å². The number of amides is 1. The molecule has 0 unspecified atom stereocenters. The first-order valence-electron chi connectivity index (χ1n) is 7.25. The van der Waals surface area contributed by atoms with Crippen molar-refractivity contribution in [3.8, 4) is 0 Å². The van der Waals surface area contributed by atoms with Gasteiger partial charge in [0.1, 0.15) is 5.82 Å². The van der Waals surface area contributed by atoms with Crippen molar-refractivity contribution in [2.45, 2.75) is 31.7 Å². The number of benzene rings is 1. The molecule has 1 fully saturated rings. The average Bonchev–Trinajstić information content (AvgIpc) is 2.37. The van der Waals surface area contributed by atoms with Crippen LogP contribution in [-0.2, 0) is 0 Å². The lowest BCUT2D eigenvalue weighted by Crippen LogP contribution is -2.57. The van der Waals surface area contributed by atoms with Crippen molar-refractivity contribution in [1.29, 1.82) is 0 Å². The molecule has 0 spiro atoms. The smallest absolute Gasteiger partial charge is 0.253 e. The van der Waals surface area contributed by atoms with Crippen molar-refractivity contribution in [3.05, 3.63) is 29.1 Å². The summed E-state index contributed by atoms with van der Waals surface area (Å²) in [6.45, 7) is 2.26. The Morgan fingerprint density at radius 2 is 1.95 bits per heavy atom. The summed E-state index contributed by atoms with van der Waals surface area (Å²) in [5, 5.41) is 0. The highest BCUT2D eigenvalue weighted by Gasteiger charge is 2.40. The van der Waals surface area contributed by atoms with E-state index in [9.17, 15) is 9.18 Å². The lowest BCUT2D eigenvalue weighted by molar-refractivity contribution is 0.0252. The van der Waals surface area contributed by atoms with Crippen molar-refractivity contribution in [2.24, 2.45) is 0 Å². The largest absolute Gasteiger partial charge is 0.398 e. The van der Waals surface area contributed by atoms with Gasteiger partial charge < -0.3 is 15.5 Å². The third-order valence-corrected chi connectivity index (χ3v) is 4.74. The van der Waals surface area contributed by atoms with E-state index >= 15 is 0 Å². The Morgan fingerprint density at radius 3 is 2.38 bits per heavy atom. The van der Waals surface area contributed by atoms with Crippen molar-refractivity contribution >= 4 is 11.6 Å². The van der Waals surface area contributed by atoms with Crippen molar-refractivity contribution in [2.75, 3.05) is 33.4 Å². The number of halogens is 1. The Kier molecular flexibility index (Phi) is 4.23. The second-order valence-corrected chi connectivity index (χ2v) is 6.31. The zero-order chi connectivity index (χ0) is 15.8. The van der Waals surface area contributed by atoms with Crippen molar-refractivity contribution in [3.63, 3.8) is 0 Å². The van der Waals surface area contributed by atoms with Crippen LogP contribution in [0.2, 0.25) is 0 Å². The summed E-state index contributed by atoms with van der Waals surface area (Å²) >= 11 is 0. The maximum absolute atomic E-state index is 13.7. The van der Waals surface area contributed by atoms with Crippen LogP contribution in [0, 0.1) is 12.7 Å². The number of rotatable bonds is 4. The number of carbonyl (C=O) groups excluding carboxylic acids is 1. The van der Waals surface area contributed by atoms with Gasteiger partial charge in [-0.3, -0.25) is 4.79 Å². The maximum Gasteiger partial charge on any atom is 0.253 e. The zero-order valence-electron chi connectivity index (χ0n) is 13.2. The van der Waals surface area contributed by atoms with E-state index in [0.29, 0.717) is 23.4 Å². The molecule has 5 heteroatoms. The Hall–Kier alpha value is -1.62. The molecule has 4 nitrogen and oxygen atoms in total. The van der Waals surface area contributed by atoms with Gasteiger partial charge in [-0.15, -0.1) is 0 Å². The number of nitrogens with two attached hydrogens (primary N) is 1. The number of nitrogen functional groups attached to an aromatic ring is 1. The van der Waals surface area contributed by atoms with E-state index in [4.69, 9.17) is 5.73 Å². The van der Waals surface area contributed by atoms with E-state index in [-0.39, 0.29) is 11.4 Å². The third kappa shape index (κ3) is 2.88. The van der Waals surface area contributed by atoms with Crippen LogP contribution in [0.1, 0.15) is 35.2 Å². The van der Waals surface area contributed by atoms with Gasteiger partial charge in [0.05, 0.1) is 0 Å². The molecule has 0 aromatic heterocycles. The lowest BCUT2D eigenvalue weighted by atomic mass is 9.75. The number of anilines is 1. The summed E-state index contributed by atoms with van der Waals surface area (Å²) in [5.74, 6) is -0.619. The number of hydrogen-bond donors (Lipinski definition) is 1. The molecule has 1 aliphatic carbocycles. The molecule has 2 N–H and O–H groups in total. The number of hydrogen-bond acceptors (Lipinski definition) is 3. The minimum absolute atomic E-state index is 0.0548. The first kappa shape index (κ1) is 15.8. The summed E-state index contributed by atoms with van der Waals surface area (Å²) in [6.07, 6.45) is 3.36. The second-order valence-electron chi connectivity index (χ2n) is 6.31. The van der Waals surface area contributed by atoms with Gasteiger partial charge in [0.2, 0.25) is 0 Å². The van der Waals surface area contributed by atoms with Crippen LogP contribution in [0.5, 0.6) is 0 Å². The van der Waals surface area contributed by atoms with Crippen LogP contribution in [0.3, 0.4) is 0 Å². The molecule has 0 heterocycles. The molecule has 0 saturated heterocycles. The molecular weight excluding hydrogens is 269 g/mol. The van der Waals surface area contributed by atoms with Crippen LogP contribution in [-0.4, -0.2) is 48.9 Å². The number of nitrogens with zero attached hydrogens (tertiary/aromatic N) is 2. The molecular formula is C16H24FN3O. The summed E-state index contributed by atoms with van der Waals surface area (Å²) in [7, 11) is 5.85. The molecule has 1 saturated carbocycles. The van der Waals surface area contributed by atoms with Gasteiger partial charge >= 0.3 is 0 Å². The minimum atomic E-state index is -0.433. The van der Waals surface area contributed by atoms with Gasteiger partial charge in [0.15, 0.2) is 0 Å². The van der Waals surface area contributed by atoms with E-state index in [1.165, 1.54) is 12.5 Å². The molecule has 1 aromatic carbocycles. The van der Waals surface area contributed by atoms with E-state index in [1.807, 2.05) is 14.1 Å². The fourth-order valence-corrected chi connectivity index (χ4v) is 2.89.